The van der Waals surface area contributed by atoms with E-state index in [1.165, 1.54) is 6.07 Å². The minimum atomic E-state index is -0.842. The lowest BCUT2D eigenvalue weighted by Crippen LogP contribution is -1.98. The van der Waals surface area contributed by atoms with E-state index in [9.17, 15) is 13.2 Å². The van der Waals surface area contributed by atoms with Gasteiger partial charge in [-0.15, -0.1) is 0 Å². The van der Waals surface area contributed by atoms with Gasteiger partial charge in [0.15, 0.2) is 0 Å². The van der Waals surface area contributed by atoms with Gasteiger partial charge in [0, 0.05) is 17.0 Å². The van der Waals surface area contributed by atoms with Crippen LogP contribution in [0.25, 0.3) is 21.9 Å². The van der Waals surface area contributed by atoms with Gasteiger partial charge in [0.1, 0.15) is 40.6 Å². The molecule has 0 amide bonds. The van der Waals surface area contributed by atoms with E-state index < -0.39 is 28.3 Å². The zero-order valence-corrected chi connectivity index (χ0v) is 18.2. The van der Waals surface area contributed by atoms with Gasteiger partial charge in [0.05, 0.1) is 0 Å². The first-order chi connectivity index (χ1) is 15.9. The maximum atomic E-state index is 15.1. The van der Waals surface area contributed by atoms with E-state index in [-0.39, 0.29) is 19.4 Å². The summed E-state index contributed by atoms with van der Waals surface area (Å²) in [6, 6.07) is 15.2. The van der Waals surface area contributed by atoms with Crippen molar-refractivity contribution < 1.29 is 22.3 Å². The highest BCUT2D eigenvalue weighted by atomic mass is 35.5. The van der Waals surface area contributed by atoms with Crippen LogP contribution < -0.4 is 4.74 Å². The smallest absolute Gasteiger partial charge is 0.145 e. The van der Waals surface area contributed by atoms with Crippen LogP contribution in [0.1, 0.15) is 11.1 Å². The number of halogens is 5. The second kappa shape index (κ2) is 9.67. The molecule has 0 aliphatic carbocycles. The summed E-state index contributed by atoms with van der Waals surface area (Å²) >= 11 is 5.51. The normalized spacial score (nSPS) is 11.1. The zero-order chi connectivity index (χ0) is 23.5. The molecule has 0 saturated heterocycles. The van der Waals surface area contributed by atoms with Crippen LogP contribution in [-0.4, -0.2) is 6.61 Å². The van der Waals surface area contributed by atoms with E-state index in [0.29, 0.717) is 38.8 Å². The summed E-state index contributed by atoms with van der Waals surface area (Å²) < 4.78 is 62.4. The van der Waals surface area contributed by atoms with Crippen molar-refractivity contribution >= 4 is 22.4 Å². The molecule has 0 heterocycles. The predicted molar refractivity (Wildman–Crippen MR) is 124 cm³/mol. The monoisotopic (exact) mass is 470 g/mol. The van der Waals surface area contributed by atoms with Crippen LogP contribution in [-0.2, 0) is 12.8 Å². The summed E-state index contributed by atoms with van der Waals surface area (Å²) in [5, 5.41) is 0.446. The maximum Gasteiger partial charge on any atom is 0.145 e. The Hall–Kier alpha value is -3.31. The molecule has 0 aliphatic heterocycles. The van der Waals surface area contributed by atoms with Gasteiger partial charge in [-0.2, -0.15) is 0 Å². The van der Waals surface area contributed by atoms with Crippen molar-refractivity contribution in [2.24, 2.45) is 0 Å². The third kappa shape index (κ3) is 4.88. The fraction of sp³-hybridized carbons (Fsp3) is 0.111. The van der Waals surface area contributed by atoms with E-state index in [0.717, 1.165) is 12.1 Å². The summed E-state index contributed by atoms with van der Waals surface area (Å²) in [7, 11) is 0. The largest absolute Gasteiger partial charge is 0.489 e. The van der Waals surface area contributed by atoms with Crippen LogP contribution in [0.5, 0.6) is 5.75 Å². The fourth-order valence-corrected chi connectivity index (χ4v) is 3.81. The molecule has 168 valence electrons. The van der Waals surface area contributed by atoms with Crippen molar-refractivity contribution in [1.29, 1.82) is 0 Å². The maximum absolute atomic E-state index is 15.1. The fourth-order valence-electron chi connectivity index (χ4n) is 3.70. The highest BCUT2D eigenvalue weighted by Crippen LogP contribution is 2.31. The van der Waals surface area contributed by atoms with E-state index in [1.54, 1.807) is 48.5 Å². The molecule has 0 aliphatic rings. The Balaban J connectivity index is 1.58. The average molecular weight is 471 g/mol. The summed E-state index contributed by atoms with van der Waals surface area (Å²) in [4.78, 5) is 0. The lowest BCUT2D eigenvalue weighted by atomic mass is 9.97. The molecule has 0 aromatic heterocycles. The van der Waals surface area contributed by atoms with Crippen LogP contribution in [0.2, 0.25) is 5.02 Å². The number of rotatable bonds is 7. The number of ether oxygens (including phenoxy) is 1. The third-order valence-electron chi connectivity index (χ3n) is 5.38. The lowest BCUT2D eigenvalue weighted by molar-refractivity contribution is 0.361. The first-order valence-electron chi connectivity index (χ1n) is 10.3. The van der Waals surface area contributed by atoms with Gasteiger partial charge in [-0.1, -0.05) is 48.5 Å². The number of hydrogen-bond acceptors (Lipinski definition) is 1. The van der Waals surface area contributed by atoms with Crippen molar-refractivity contribution in [3.63, 3.8) is 0 Å². The molecular weight excluding hydrogens is 452 g/mol. The molecule has 6 heteroatoms. The van der Waals surface area contributed by atoms with Gasteiger partial charge < -0.3 is 4.74 Å². The Morgan fingerprint density at radius 1 is 0.818 bits per heavy atom. The molecule has 0 fully saturated rings. The van der Waals surface area contributed by atoms with Gasteiger partial charge in [0.25, 0.3) is 0 Å². The van der Waals surface area contributed by atoms with Gasteiger partial charge in [-0.3, -0.25) is 0 Å². The first-order valence-corrected chi connectivity index (χ1v) is 10.6. The van der Waals surface area contributed by atoms with Crippen molar-refractivity contribution in [2.45, 2.75) is 12.8 Å². The van der Waals surface area contributed by atoms with Crippen LogP contribution in [0.15, 0.2) is 73.3 Å². The molecule has 1 nitrogen and oxygen atoms in total. The number of fused-ring (bicyclic) bond motifs is 1. The minimum absolute atomic E-state index is 0.247. The standard InChI is InChI=1S/C27H19ClF4O/c1-2-11-33-20-8-10-21(23(29)15-20)18-7-9-22-19(14-18)6-5-17(27(22)32)4-3-16-12-24(30)26(28)25(31)13-16/h2,5-10,12-15H,1,3-4,11H2. The molecular formula is C27H19ClF4O. The summed E-state index contributed by atoms with van der Waals surface area (Å²) in [6.45, 7) is 3.83. The minimum Gasteiger partial charge on any atom is -0.489 e. The Bertz CT molecular complexity index is 1330. The van der Waals surface area contributed by atoms with E-state index >= 15 is 4.39 Å². The molecule has 0 bridgehead atoms. The predicted octanol–water partition coefficient (Wildman–Crippen LogP) is 8.07. The van der Waals surface area contributed by atoms with Crippen LogP contribution in [0, 0.1) is 23.3 Å². The molecule has 0 N–H and O–H groups in total. The molecule has 4 aromatic carbocycles. The Kier molecular flexibility index (Phi) is 6.70. The van der Waals surface area contributed by atoms with E-state index in [4.69, 9.17) is 16.3 Å². The molecule has 0 unspecified atom stereocenters. The molecule has 0 saturated carbocycles. The van der Waals surface area contributed by atoms with Gasteiger partial charge in [0.2, 0.25) is 0 Å². The van der Waals surface area contributed by atoms with Crippen molar-refractivity contribution in [2.75, 3.05) is 6.61 Å². The van der Waals surface area contributed by atoms with E-state index in [2.05, 4.69) is 6.58 Å². The zero-order valence-electron chi connectivity index (χ0n) is 17.5. The Morgan fingerprint density at radius 2 is 1.58 bits per heavy atom. The second-order valence-electron chi connectivity index (χ2n) is 7.59. The topological polar surface area (TPSA) is 9.23 Å². The second-order valence-corrected chi connectivity index (χ2v) is 7.97. The quantitative estimate of drug-likeness (QED) is 0.151. The molecule has 4 aromatic rings. The molecule has 0 atom stereocenters. The van der Waals surface area contributed by atoms with E-state index in [1.807, 2.05) is 0 Å². The SMILES string of the molecule is C=CCOc1ccc(-c2ccc3c(F)c(CCc4cc(F)c(Cl)c(F)c4)ccc3c2)c(F)c1. The van der Waals surface area contributed by atoms with Gasteiger partial charge >= 0.3 is 0 Å². The van der Waals surface area contributed by atoms with Crippen molar-refractivity contribution in [1.82, 2.24) is 0 Å². The van der Waals surface area contributed by atoms with Crippen molar-refractivity contribution in [3.05, 3.63) is 113 Å². The third-order valence-corrected chi connectivity index (χ3v) is 5.74. The van der Waals surface area contributed by atoms with Crippen LogP contribution >= 0.6 is 11.6 Å². The highest BCUT2D eigenvalue weighted by Gasteiger charge is 2.13. The molecule has 4 rings (SSSR count). The first kappa shape index (κ1) is 22.9. The van der Waals surface area contributed by atoms with Crippen LogP contribution in [0.4, 0.5) is 17.6 Å². The summed E-state index contributed by atoms with van der Waals surface area (Å²) in [6.07, 6.45) is 2.08. The van der Waals surface area contributed by atoms with Gasteiger partial charge in [-0.05, 0) is 65.3 Å². The van der Waals surface area contributed by atoms with Crippen molar-refractivity contribution in [3.8, 4) is 16.9 Å². The highest BCUT2D eigenvalue weighted by molar-refractivity contribution is 6.30. The molecule has 0 radical (unpaired) electrons. The Labute approximate surface area is 193 Å². The molecule has 0 spiro atoms. The summed E-state index contributed by atoms with van der Waals surface area (Å²) in [5.41, 5.74) is 1.79. The van der Waals surface area contributed by atoms with Crippen LogP contribution in [0.3, 0.4) is 0 Å². The van der Waals surface area contributed by atoms with Gasteiger partial charge in [-0.25, -0.2) is 17.6 Å². The number of hydrogen-bond donors (Lipinski definition) is 0. The average Bonchev–Trinajstić information content (AvgIpc) is 2.80. The summed E-state index contributed by atoms with van der Waals surface area (Å²) in [5.74, 6) is -2.15. The Morgan fingerprint density at radius 3 is 2.27 bits per heavy atom. The number of aryl methyl sites for hydroxylation is 2. The lowest BCUT2D eigenvalue weighted by Gasteiger charge is -2.11. The molecule has 33 heavy (non-hydrogen) atoms. The number of benzene rings is 4.